The van der Waals surface area contributed by atoms with Crippen molar-refractivity contribution in [2.75, 3.05) is 23.4 Å². The molecule has 7 heteroatoms. The van der Waals surface area contributed by atoms with Gasteiger partial charge in [0.15, 0.2) is 5.13 Å². The van der Waals surface area contributed by atoms with Gasteiger partial charge in [-0.25, -0.2) is 4.98 Å². The van der Waals surface area contributed by atoms with E-state index in [0.717, 1.165) is 10.2 Å². The van der Waals surface area contributed by atoms with Crippen LogP contribution in [0.3, 0.4) is 0 Å². The summed E-state index contributed by atoms with van der Waals surface area (Å²) in [6.45, 7) is 2.11. The average Bonchev–Trinajstić information content (AvgIpc) is 2.80. The van der Waals surface area contributed by atoms with Crippen LogP contribution in [0.5, 0.6) is 0 Å². The van der Waals surface area contributed by atoms with Gasteiger partial charge in [0, 0.05) is 0 Å². The number of para-hydroxylation sites is 1. The van der Waals surface area contributed by atoms with Gasteiger partial charge in [0.1, 0.15) is 0 Å². The molecule has 0 aliphatic rings. The molecule has 0 atom stereocenters. The summed E-state index contributed by atoms with van der Waals surface area (Å²) < 4.78 is 5.81. The summed E-state index contributed by atoms with van der Waals surface area (Å²) in [5, 5.41) is 3.31. The Balaban J connectivity index is 1.81. The first-order chi connectivity index (χ1) is 9.69. The number of anilines is 1. The summed E-state index contributed by atoms with van der Waals surface area (Å²) in [5.41, 5.74) is 0.868. The van der Waals surface area contributed by atoms with E-state index in [9.17, 15) is 9.59 Å². The minimum atomic E-state index is -0.301. The quantitative estimate of drug-likeness (QED) is 0.830. The van der Waals surface area contributed by atoms with Crippen molar-refractivity contribution in [3.05, 3.63) is 24.3 Å². The Morgan fingerprint density at radius 1 is 1.35 bits per heavy atom. The van der Waals surface area contributed by atoms with Gasteiger partial charge in [0.05, 0.1) is 28.3 Å². The molecule has 2 aromatic rings. The number of nitrogens with zero attached hydrogens (tertiary/aromatic N) is 1. The molecule has 1 heterocycles. The molecule has 20 heavy (non-hydrogen) atoms. The number of hydrogen-bond donors (Lipinski definition) is 1. The van der Waals surface area contributed by atoms with E-state index in [0.29, 0.717) is 11.7 Å². The SMILES string of the molecule is CCOC(=O)CSCC(=O)Nc1nc2ccccc2s1. The lowest BCUT2D eigenvalue weighted by molar-refractivity contribution is -0.139. The fourth-order valence-corrected chi connectivity index (χ4v) is 3.00. The summed E-state index contributed by atoms with van der Waals surface area (Å²) in [6, 6.07) is 7.69. The topological polar surface area (TPSA) is 68.3 Å². The number of rotatable bonds is 6. The molecule has 2 rings (SSSR count). The Morgan fingerprint density at radius 3 is 2.90 bits per heavy atom. The number of carbonyl (C=O) groups is 2. The van der Waals surface area contributed by atoms with E-state index in [1.807, 2.05) is 24.3 Å². The van der Waals surface area contributed by atoms with Crippen LogP contribution in [0.15, 0.2) is 24.3 Å². The van der Waals surface area contributed by atoms with Crippen molar-refractivity contribution in [2.24, 2.45) is 0 Å². The van der Waals surface area contributed by atoms with Crippen molar-refractivity contribution < 1.29 is 14.3 Å². The number of benzene rings is 1. The van der Waals surface area contributed by atoms with Crippen LogP contribution in [0.4, 0.5) is 5.13 Å². The fraction of sp³-hybridized carbons (Fsp3) is 0.308. The first-order valence-corrected chi connectivity index (χ1v) is 8.05. The molecule has 0 bridgehead atoms. The summed E-state index contributed by atoms with van der Waals surface area (Å²) in [6.07, 6.45) is 0. The van der Waals surface area contributed by atoms with E-state index in [-0.39, 0.29) is 23.4 Å². The molecular formula is C13H14N2O3S2. The third kappa shape index (κ3) is 4.21. The smallest absolute Gasteiger partial charge is 0.315 e. The van der Waals surface area contributed by atoms with Gasteiger partial charge >= 0.3 is 5.97 Å². The highest BCUT2D eigenvalue weighted by Gasteiger charge is 2.09. The van der Waals surface area contributed by atoms with Crippen molar-refractivity contribution in [2.45, 2.75) is 6.92 Å². The standard InChI is InChI=1S/C13H14N2O3S2/c1-2-18-12(17)8-19-7-11(16)15-13-14-9-5-3-4-6-10(9)20-13/h3-6H,2,7-8H2,1H3,(H,14,15,16). The highest BCUT2D eigenvalue weighted by Crippen LogP contribution is 2.25. The molecule has 1 aromatic carbocycles. The Hall–Kier alpha value is -1.60. The first-order valence-electron chi connectivity index (χ1n) is 6.08. The van der Waals surface area contributed by atoms with Crippen molar-refractivity contribution >= 4 is 50.3 Å². The van der Waals surface area contributed by atoms with Crippen LogP contribution in [0.1, 0.15) is 6.92 Å². The average molecular weight is 310 g/mol. The molecule has 106 valence electrons. The molecule has 0 fully saturated rings. The van der Waals surface area contributed by atoms with Gasteiger partial charge in [-0.05, 0) is 19.1 Å². The number of fused-ring (bicyclic) bond motifs is 1. The molecule has 0 saturated carbocycles. The third-order valence-corrected chi connectivity index (χ3v) is 4.16. The second-order valence-electron chi connectivity index (χ2n) is 3.83. The van der Waals surface area contributed by atoms with E-state index in [1.165, 1.54) is 23.1 Å². The molecular weight excluding hydrogens is 296 g/mol. The number of thiazole rings is 1. The van der Waals surface area contributed by atoms with Crippen LogP contribution in [0.2, 0.25) is 0 Å². The Labute approximate surface area is 124 Å². The number of aromatic nitrogens is 1. The van der Waals surface area contributed by atoms with E-state index in [1.54, 1.807) is 6.92 Å². The van der Waals surface area contributed by atoms with Gasteiger partial charge in [-0.15, -0.1) is 11.8 Å². The number of carbonyl (C=O) groups excluding carboxylic acids is 2. The van der Waals surface area contributed by atoms with Gasteiger partial charge in [-0.1, -0.05) is 23.5 Å². The fourth-order valence-electron chi connectivity index (χ4n) is 1.51. The number of thioether (sulfide) groups is 1. The molecule has 0 aliphatic heterocycles. The largest absolute Gasteiger partial charge is 0.465 e. The number of nitrogens with one attached hydrogen (secondary N) is 1. The number of ether oxygens (including phenoxy) is 1. The van der Waals surface area contributed by atoms with Crippen molar-refractivity contribution in [1.82, 2.24) is 4.98 Å². The number of amides is 1. The van der Waals surface area contributed by atoms with Crippen LogP contribution in [-0.2, 0) is 14.3 Å². The van der Waals surface area contributed by atoms with Crippen LogP contribution in [0.25, 0.3) is 10.2 Å². The van der Waals surface area contributed by atoms with Crippen LogP contribution in [0, 0.1) is 0 Å². The lowest BCUT2D eigenvalue weighted by Gasteiger charge is -2.02. The molecule has 0 saturated heterocycles. The number of esters is 1. The van der Waals surface area contributed by atoms with Crippen LogP contribution < -0.4 is 5.32 Å². The van der Waals surface area contributed by atoms with E-state index in [4.69, 9.17) is 4.74 Å². The summed E-state index contributed by atoms with van der Waals surface area (Å²) in [7, 11) is 0. The maximum Gasteiger partial charge on any atom is 0.315 e. The monoisotopic (exact) mass is 310 g/mol. The maximum absolute atomic E-state index is 11.7. The molecule has 1 aromatic heterocycles. The lowest BCUT2D eigenvalue weighted by atomic mass is 10.3. The first kappa shape index (κ1) is 14.8. The number of hydrogen-bond acceptors (Lipinski definition) is 6. The second-order valence-corrected chi connectivity index (χ2v) is 5.85. The minimum absolute atomic E-state index is 0.168. The molecule has 0 aliphatic carbocycles. The maximum atomic E-state index is 11.7. The second kappa shape index (κ2) is 7.25. The van der Waals surface area contributed by atoms with E-state index in [2.05, 4.69) is 10.3 Å². The van der Waals surface area contributed by atoms with E-state index < -0.39 is 0 Å². The molecule has 1 amide bonds. The zero-order valence-electron chi connectivity index (χ0n) is 10.9. The minimum Gasteiger partial charge on any atom is -0.465 e. The summed E-state index contributed by atoms with van der Waals surface area (Å²) in [4.78, 5) is 27.1. The van der Waals surface area contributed by atoms with Crippen molar-refractivity contribution in [1.29, 1.82) is 0 Å². The summed E-state index contributed by atoms with van der Waals surface area (Å²) in [5.74, 6) is -0.0841. The molecule has 1 N–H and O–H groups in total. The molecule has 0 unspecified atom stereocenters. The molecule has 0 radical (unpaired) electrons. The Kier molecular flexibility index (Phi) is 5.37. The van der Waals surface area contributed by atoms with Gasteiger partial charge in [-0.3, -0.25) is 9.59 Å². The van der Waals surface area contributed by atoms with Crippen LogP contribution >= 0.6 is 23.1 Å². The highest BCUT2D eigenvalue weighted by molar-refractivity contribution is 8.00. The highest BCUT2D eigenvalue weighted by atomic mass is 32.2. The van der Waals surface area contributed by atoms with E-state index >= 15 is 0 Å². The Morgan fingerprint density at radius 2 is 2.15 bits per heavy atom. The van der Waals surface area contributed by atoms with Gasteiger partial charge in [-0.2, -0.15) is 0 Å². The Bertz CT molecular complexity index is 579. The zero-order chi connectivity index (χ0) is 14.4. The van der Waals surface area contributed by atoms with Gasteiger partial charge in [0.2, 0.25) is 5.91 Å². The summed E-state index contributed by atoms with van der Waals surface area (Å²) >= 11 is 2.66. The zero-order valence-corrected chi connectivity index (χ0v) is 12.6. The van der Waals surface area contributed by atoms with Crippen LogP contribution in [-0.4, -0.2) is 35.0 Å². The van der Waals surface area contributed by atoms with Gasteiger partial charge in [0.25, 0.3) is 0 Å². The molecule has 0 spiro atoms. The normalized spacial score (nSPS) is 10.4. The lowest BCUT2D eigenvalue weighted by Crippen LogP contribution is -2.16. The predicted molar refractivity (Wildman–Crippen MR) is 82.2 cm³/mol. The van der Waals surface area contributed by atoms with Crippen molar-refractivity contribution in [3.8, 4) is 0 Å². The van der Waals surface area contributed by atoms with Crippen molar-refractivity contribution in [3.63, 3.8) is 0 Å². The molecule has 5 nitrogen and oxygen atoms in total. The van der Waals surface area contributed by atoms with Gasteiger partial charge < -0.3 is 10.1 Å². The third-order valence-electron chi connectivity index (χ3n) is 2.30. The predicted octanol–water partition coefficient (Wildman–Crippen LogP) is 2.53.